The summed E-state index contributed by atoms with van der Waals surface area (Å²) < 4.78 is 50.4. The zero-order valence-corrected chi connectivity index (χ0v) is 13.3. The number of hydrogen-bond acceptors (Lipinski definition) is 6. The molecule has 0 aromatic heterocycles. The average molecular weight is 336 g/mol. The van der Waals surface area contributed by atoms with E-state index in [2.05, 4.69) is 5.32 Å². The Morgan fingerprint density at radius 2 is 1.67 bits per heavy atom. The molecule has 10 heteroatoms. The lowest BCUT2D eigenvalue weighted by Crippen LogP contribution is -2.27. The fourth-order valence-electron chi connectivity index (χ4n) is 1.29. The van der Waals surface area contributed by atoms with Gasteiger partial charge >= 0.3 is 6.09 Å². The van der Waals surface area contributed by atoms with Crippen molar-refractivity contribution in [3.63, 3.8) is 0 Å². The summed E-state index contributed by atoms with van der Waals surface area (Å²) in [7, 11) is -7.40. The fourth-order valence-corrected chi connectivity index (χ4v) is 2.99. The van der Waals surface area contributed by atoms with Gasteiger partial charge in [0.25, 0.3) is 10.0 Å². The molecule has 0 heterocycles. The van der Waals surface area contributed by atoms with Gasteiger partial charge in [0.1, 0.15) is 5.60 Å². The van der Waals surface area contributed by atoms with Crippen molar-refractivity contribution in [3.8, 4) is 0 Å². The molecule has 1 aromatic carbocycles. The number of carbonyl (C=O) groups is 1. The summed E-state index contributed by atoms with van der Waals surface area (Å²) in [6.07, 6.45) is -0.682. The average Bonchev–Trinajstić information content (AvgIpc) is 2.24. The number of amides is 1. The van der Waals surface area contributed by atoms with Crippen LogP contribution in [0.15, 0.2) is 29.2 Å². The van der Waals surface area contributed by atoms with Crippen LogP contribution in [-0.4, -0.2) is 28.5 Å². The Morgan fingerprint density at radius 3 is 2.10 bits per heavy atom. The topological polar surface area (TPSA) is 119 Å². The third-order valence-electron chi connectivity index (χ3n) is 2.00. The van der Waals surface area contributed by atoms with Gasteiger partial charge in [0.05, 0.1) is 4.90 Å². The van der Waals surface area contributed by atoms with Crippen molar-refractivity contribution in [2.45, 2.75) is 31.3 Å². The van der Waals surface area contributed by atoms with Crippen molar-refractivity contribution >= 4 is 32.7 Å². The maximum absolute atomic E-state index is 11.6. The lowest BCUT2D eigenvalue weighted by atomic mass is 10.2. The molecule has 0 aliphatic carbocycles. The first-order chi connectivity index (χ1) is 9.49. The monoisotopic (exact) mass is 336 g/mol. The van der Waals surface area contributed by atoms with E-state index < -0.39 is 32.6 Å². The second-order valence-electron chi connectivity index (χ2n) is 5.00. The lowest BCUT2D eigenvalue weighted by molar-refractivity contribution is 0.0636. The Hall–Kier alpha value is -1.65. The van der Waals surface area contributed by atoms with Gasteiger partial charge in [-0.15, -0.1) is 4.13 Å². The van der Waals surface area contributed by atoms with Crippen LogP contribution in [0, 0.1) is 0 Å². The minimum absolute atomic E-state index is 0.239. The predicted molar refractivity (Wildman–Crippen MR) is 76.9 cm³/mol. The zero-order chi connectivity index (χ0) is 16.3. The Morgan fingerprint density at radius 1 is 1.14 bits per heavy atom. The molecule has 0 spiro atoms. The fraction of sp³-hybridized carbons (Fsp3) is 0.364. The summed E-state index contributed by atoms with van der Waals surface area (Å²) in [6.45, 7) is 5.12. The van der Waals surface area contributed by atoms with Crippen molar-refractivity contribution < 1.29 is 26.4 Å². The number of sulfonamides is 1. The third kappa shape index (κ3) is 6.10. The molecule has 1 rings (SSSR count). The smallest absolute Gasteiger partial charge is 0.412 e. The number of rotatable bonds is 4. The first-order valence-corrected chi connectivity index (χ1v) is 8.42. The van der Waals surface area contributed by atoms with Gasteiger partial charge < -0.3 is 4.74 Å². The van der Waals surface area contributed by atoms with Crippen LogP contribution in [0.4, 0.5) is 10.5 Å². The molecule has 118 valence electrons. The molecule has 0 radical (unpaired) electrons. The largest absolute Gasteiger partial charge is 0.444 e. The minimum Gasteiger partial charge on any atom is -0.444 e. The van der Waals surface area contributed by atoms with Crippen molar-refractivity contribution in [3.05, 3.63) is 24.3 Å². The molecule has 0 aliphatic heterocycles. The highest BCUT2D eigenvalue weighted by atomic mass is 32.3. The molecule has 21 heavy (non-hydrogen) atoms. The van der Waals surface area contributed by atoms with Crippen LogP contribution >= 0.6 is 0 Å². The molecule has 0 aliphatic rings. The minimum atomic E-state index is -4.12. The number of nitrogens with one attached hydrogen (secondary N) is 2. The van der Waals surface area contributed by atoms with Gasteiger partial charge in [-0.1, -0.05) is 0 Å². The molecule has 0 unspecified atom stereocenters. The number of ether oxygens (including phenoxy) is 1. The van der Waals surface area contributed by atoms with Gasteiger partial charge in [-0.3, -0.25) is 5.32 Å². The summed E-state index contributed by atoms with van der Waals surface area (Å²) in [6, 6.07) is 4.95. The SMILES string of the molecule is CC(C)(C)OC(=O)Nc1ccc(S(=O)(=O)N[SH](=O)=O)cc1. The van der Waals surface area contributed by atoms with Gasteiger partial charge in [0, 0.05) is 5.69 Å². The Balaban J connectivity index is 2.82. The first-order valence-electron chi connectivity index (χ1n) is 5.76. The van der Waals surface area contributed by atoms with Crippen LogP contribution in [0.3, 0.4) is 0 Å². The van der Waals surface area contributed by atoms with E-state index in [1.165, 1.54) is 16.3 Å². The highest BCUT2D eigenvalue weighted by molar-refractivity contribution is 7.98. The number of anilines is 1. The Kier molecular flexibility index (Phi) is 5.31. The van der Waals surface area contributed by atoms with Gasteiger partial charge in [-0.2, -0.15) is 0 Å². The Labute approximate surface area is 124 Å². The summed E-state index contributed by atoms with van der Waals surface area (Å²) >= 11 is 0. The maximum Gasteiger partial charge on any atom is 0.412 e. The van der Waals surface area contributed by atoms with Crippen LogP contribution in [0.2, 0.25) is 0 Å². The van der Waals surface area contributed by atoms with Crippen molar-refractivity contribution in [1.82, 2.24) is 4.13 Å². The van der Waals surface area contributed by atoms with Gasteiger partial charge in [0.15, 0.2) is 0 Å². The molecule has 1 aromatic rings. The van der Waals surface area contributed by atoms with E-state index in [1.54, 1.807) is 20.8 Å². The maximum atomic E-state index is 11.6. The zero-order valence-electron chi connectivity index (χ0n) is 11.6. The van der Waals surface area contributed by atoms with Gasteiger partial charge in [-0.25, -0.2) is 21.6 Å². The molecule has 0 atom stereocenters. The highest BCUT2D eigenvalue weighted by Crippen LogP contribution is 2.15. The van der Waals surface area contributed by atoms with Crippen LogP contribution in [0.5, 0.6) is 0 Å². The normalized spacial score (nSPS) is 12.2. The third-order valence-corrected chi connectivity index (χ3v) is 4.46. The van der Waals surface area contributed by atoms with Gasteiger partial charge in [-0.05, 0) is 45.0 Å². The summed E-state index contributed by atoms with van der Waals surface area (Å²) in [5, 5.41) is 2.42. The number of hydrogen-bond donors (Lipinski definition) is 3. The Bertz CT molecular complexity index is 678. The van der Waals surface area contributed by atoms with Crippen LogP contribution in [-0.2, 0) is 25.7 Å². The van der Waals surface area contributed by atoms with Crippen molar-refractivity contribution in [1.29, 1.82) is 0 Å². The van der Waals surface area contributed by atoms with E-state index in [1.807, 2.05) is 0 Å². The number of carbonyl (C=O) groups excluding carboxylic acids is 1. The second kappa shape index (κ2) is 6.41. The quantitative estimate of drug-likeness (QED) is 0.701. The van der Waals surface area contributed by atoms with E-state index >= 15 is 0 Å². The lowest BCUT2D eigenvalue weighted by Gasteiger charge is -2.19. The van der Waals surface area contributed by atoms with Crippen LogP contribution < -0.4 is 9.44 Å². The standard InChI is InChI=1S/C11H16N2O6S2/c1-11(2,3)19-10(14)12-8-4-6-9(7-5-8)21(17,18)13-20(15)16/h4-7,20H,1-3H3,(H,12,14)(H,13,15,16). The predicted octanol–water partition coefficient (Wildman–Crippen LogP) is 0.838. The van der Waals surface area contributed by atoms with Crippen molar-refractivity contribution in [2.75, 3.05) is 5.32 Å². The molecule has 0 saturated heterocycles. The molecule has 0 bridgehead atoms. The van der Waals surface area contributed by atoms with Crippen LogP contribution in [0.25, 0.3) is 0 Å². The van der Waals surface area contributed by atoms with Crippen LogP contribution in [0.1, 0.15) is 20.8 Å². The van der Waals surface area contributed by atoms with Gasteiger partial charge in [0.2, 0.25) is 10.9 Å². The molecule has 1 amide bonds. The first kappa shape index (κ1) is 17.4. The summed E-state index contributed by atoms with van der Waals surface area (Å²) in [4.78, 5) is 11.3. The van der Waals surface area contributed by atoms with E-state index in [0.717, 1.165) is 12.1 Å². The highest BCUT2D eigenvalue weighted by Gasteiger charge is 2.17. The molecule has 8 nitrogen and oxygen atoms in total. The molecule has 2 N–H and O–H groups in total. The molecular formula is C11H16N2O6S2. The second-order valence-corrected chi connectivity index (χ2v) is 7.73. The van der Waals surface area contributed by atoms with E-state index in [-0.39, 0.29) is 4.90 Å². The summed E-state index contributed by atoms with van der Waals surface area (Å²) in [5.41, 5.74) is -0.341. The molecular weight excluding hydrogens is 320 g/mol. The number of thiol groups is 1. The number of benzene rings is 1. The molecule has 0 fully saturated rings. The summed E-state index contributed by atoms with van der Waals surface area (Å²) in [5.74, 6) is 0. The van der Waals surface area contributed by atoms with E-state index in [4.69, 9.17) is 4.74 Å². The van der Waals surface area contributed by atoms with E-state index in [9.17, 15) is 21.6 Å². The molecule has 0 saturated carbocycles. The van der Waals surface area contributed by atoms with E-state index in [0.29, 0.717) is 5.69 Å². The van der Waals surface area contributed by atoms with Crippen molar-refractivity contribution in [2.24, 2.45) is 0 Å².